The van der Waals surface area contributed by atoms with Crippen LogP contribution in [0.1, 0.15) is 13.8 Å². The molecule has 0 rings (SSSR count). The first-order valence-corrected chi connectivity index (χ1v) is 4.33. The van der Waals surface area contributed by atoms with E-state index in [1.807, 2.05) is 0 Å². The van der Waals surface area contributed by atoms with Gasteiger partial charge in [0.2, 0.25) is 0 Å². The van der Waals surface area contributed by atoms with Gasteiger partial charge in [-0.15, -0.1) is 0 Å². The molecule has 4 nitrogen and oxygen atoms in total. The van der Waals surface area contributed by atoms with Gasteiger partial charge >= 0.3 is 5.97 Å². The Labute approximate surface area is 83.8 Å². The first-order chi connectivity index (χ1) is 6.57. The summed E-state index contributed by atoms with van der Waals surface area (Å²) in [6, 6.07) is 0. The molecule has 14 heavy (non-hydrogen) atoms. The summed E-state index contributed by atoms with van der Waals surface area (Å²) in [6.07, 6.45) is 2.67. The number of carbonyl (C=O) groups is 1. The summed E-state index contributed by atoms with van der Waals surface area (Å²) in [4.78, 5) is 10.4. The second kappa shape index (κ2) is 7.15. The summed E-state index contributed by atoms with van der Waals surface area (Å²) >= 11 is 0. The van der Waals surface area contributed by atoms with Crippen molar-refractivity contribution in [2.75, 3.05) is 13.2 Å². The summed E-state index contributed by atoms with van der Waals surface area (Å²) in [5.74, 6) is -0.928. The smallest absolute Gasteiger partial charge is 0.331 e. The molecular formula is C10H16O4. The minimum absolute atomic E-state index is 0.223. The molecule has 0 aliphatic heterocycles. The van der Waals surface area contributed by atoms with E-state index in [2.05, 4.69) is 6.58 Å². The predicted octanol–water partition coefficient (Wildman–Crippen LogP) is 1.58. The van der Waals surface area contributed by atoms with Gasteiger partial charge in [0.05, 0.1) is 19.0 Å². The fourth-order valence-corrected chi connectivity index (χ4v) is 0.837. The van der Waals surface area contributed by atoms with E-state index in [0.717, 1.165) is 0 Å². The maximum Gasteiger partial charge on any atom is 0.331 e. The van der Waals surface area contributed by atoms with Crippen LogP contribution in [0.4, 0.5) is 0 Å². The van der Waals surface area contributed by atoms with Crippen molar-refractivity contribution in [2.24, 2.45) is 0 Å². The Kier molecular flexibility index (Phi) is 6.49. The monoisotopic (exact) mass is 200 g/mol. The molecule has 0 aromatic rings. The Morgan fingerprint density at radius 2 is 2.21 bits per heavy atom. The molecule has 1 unspecified atom stereocenters. The fraction of sp³-hybridized carbons (Fsp3) is 0.500. The minimum Gasteiger partial charge on any atom is -0.499 e. The molecule has 0 saturated heterocycles. The Balaban J connectivity index is 3.74. The third kappa shape index (κ3) is 6.25. The lowest BCUT2D eigenvalue weighted by atomic mass is 10.2. The van der Waals surface area contributed by atoms with Crippen LogP contribution < -0.4 is 0 Å². The summed E-state index contributed by atoms with van der Waals surface area (Å²) in [5.41, 5.74) is 0.280. The lowest BCUT2D eigenvalue weighted by Crippen LogP contribution is -2.11. The zero-order valence-corrected chi connectivity index (χ0v) is 8.53. The molecule has 0 amide bonds. The maximum atomic E-state index is 10.4. The molecule has 1 atom stereocenters. The molecule has 0 fully saturated rings. The van der Waals surface area contributed by atoms with E-state index < -0.39 is 5.97 Å². The normalized spacial score (nSPS) is 13.4. The van der Waals surface area contributed by atoms with Gasteiger partial charge in [-0.25, -0.2) is 4.79 Å². The predicted molar refractivity (Wildman–Crippen MR) is 53.0 cm³/mol. The summed E-state index contributed by atoms with van der Waals surface area (Å²) in [6.45, 7) is 7.53. The average Bonchev–Trinajstić information content (AvgIpc) is 2.12. The van der Waals surface area contributed by atoms with Crippen molar-refractivity contribution in [3.63, 3.8) is 0 Å². The number of carboxylic acids is 1. The molecule has 1 N–H and O–H groups in total. The highest BCUT2D eigenvalue weighted by Crippen LogP contribution is 1.99. The molecule has 0 radical (unpaired) electrons. The molecule has 80 valence electrons. The third-order valence-corrected chi connectivity index (χ3v) is 1.52. The molecule has 0 aliphatic carbocycles. The van der Waals surface area contributed by atoms with Crippen LogP contribution in [0.3, 0.4) is 0 Å². The average molecular weight is 200 g/mol. The molecule has 0 bridgehead atoms. The van der Waals surface area contributed by atoms with Gasteiger partial charge < -0.3 is 14.6 Å². The molecule has 0 heterocycles. The number of rotatable bonds is 7. The Morgan fingerprint density at radius 1 is 1.57 bits per heavy atom. The van der Waals surface area contributed by atoms with Crippen LogP contribution in [-0.4, -0.2) is 30.4 Å². The van der Waals surface area contributed by atoms with Crippen LogP contribution in [0.25, 0.3) is 0 Å². The van der Waals surface area contributed by atoms with Crippen molar-refractivity contribution in [1.82, 2.24) is 0 Å². The van der Waals surface area contributed by atoms with Crippen LogP contribution in [0, 0.1) is 0 Å². The van der Waals surface area contributed by atoms with Crippen molar-refractivity contribution in [3.05, 3.63) is 24.5 Å². The quantitative estimate of drug-likeness (QED) is 0.385. The molecule has 0 aromatic carbocycles. The van der Waals surface area contributed by atoms with Gasteiger partial charge in [0.1, 0.15) is 6.61 Å². The first-order valence-electron chi connectivity index (χ1n) is 4.33. The second-order valence-electron chi connectivity index (χ2n) is 2.77. The van der Waals surface area contributed by atoms with Gasteiger partial charge in [0.15, 0.2) is 0 Å². The van der Waals surface area contributed by atoms with Crippen LogP contribution in [-0.2, 0) is 14.3 Å². The summed E-state index contributed by atoms with van der Waals surface area (Å²) in [5, 5.41) is 8.58. The van der Waals surface area contributed by atoms with Crippen molar-refractivity contribution in [1.29, 1.82) is 0 Å². The van der Waals surface area contributed by atoms with Crippen molar-refractivity contribution in [2.45, 2.75) is 20.0 Å². The van der Waals surface area contributed by atoms with Gasteiger partial charge in [0.25, 0.3) is 0 Å². The van der Waals surface area contributed by atoms with E-state index in [0.29, 0.717) is 13.2 Å². The van der Waals surface area contributed by atoms with Crippen molar-refractivity contribution in [3.8, 4) is 0 Å². The largest absolute Gasteiger partial charge is 0.499 e. The molecular weight excluding hydrogens is 184 g/mol. The Hall–Kier alpha value is -1.29. The van der Waals surface area contributed by atoms with Crippen LogP contribution in [0.15, 0.2) is 24.5 Å². The van der Waals surface area contributed by atoms with Crippen LogP contribution in [0.5, 0.6) is 0 Å². The molecule has 4 heteroatoms. The molecule has 0 aliphatic rings. The Bertz CT molecular complexity index is 220. The number of ether oxygens (including phenoxy) is 2. The summed E-state index contributed by atoms with van der Waals surface area (Å²) < 4.78 is 10.1. The zero-order chi connectivity index (χ0) is 11.0. The standard InChI is InChI=1S/C10H16O4/c1-4-13-5-6-14-9(3)7-8(2)10(11)12/h4,7,9H,1,5-6H2,2-3H3,(H,11,12). The number of hydrogen-bond acceptors (Lipinski definition) is 3. The highest BCUT2D eigenvalue weighted by atomic mass is 16.5. The van der Waals surface area contributed by atoms with Crippen LogP contribution >= 0.6 is 0 Å². The van der Waals surface area contributed by atoms with Gasteiger partial charge in [0, 0.05) is 5.57 Å². The van der Waals surface area contributed by atoms with Gasteiger partial charge in [-0.3, -0.25) is 0 Å². The van der Waals surface area contributed by atoms with E-state index in [1.54, 1.807) is 13.0 Å². The minimum atomic E-state index is -0.928. The number of hydrogen-bond donors (Lipinski definition) is 1. The fourth-order valence-electron chi connectivity index (χ4n) is 0.837. The highest BCUT2D eigenvalue weighted by molar-refractivity contribution is 5.85. The van der Waals surface area contributed by atoms with E-state index in [-0.39, 0.29) is 11.7 Å². The zero-order valence-electron chi connectivity index (χ0n) is 8.53. The topological polar surface area (TPSA) is 55.8 Å². The Morgan fingerprint density at radius 3 is 2.71 bits per heavy atom. The van der Waals surface area contributed by atoms with Gasteiger partial charge in [-0.05, 0) is 19.9 Å². The van der Waals surface area contributed by atoms with Gasteiger partial charge in [-0.1, -0.05) is 6.58 Å². The van der Waals surface area contributed by atoms with E-state index in [9.17, 15) is 4.79 Å². The SMILES string of the molecule is C=COCCOC(C)C=C(C)C(=O)O. The molecule has 0 aromatic heterocycles. The van der Waals surface area contributed by atoms with Crippen molar-refractivity contribution >= 4 is 5.97 Å². The van der Waals surface area contributed by atoms with E-state index in [4.69, 9.17) is 14.6 Å². The first kappa shape index (κ1) is 12.7. The van der Waals surface area contributed by atoms with E-state index >= 15 is 0 Å². The maximum absolute atomic E-state index is 10.4. The molecule has 0 saturated carbocycles. The molecule has 0 spiro atoms. The lowest BCUT2D eigenvalue weighted by Gasteiger charge is -2.08. The van der Waals surface area contributed by atoms with E-state index in [1.165, 1.54) is 13.2 Å². The summed E-state index contributed by atoms with van der Waals surface area (Å²) in [7, 11) is 0. The third-order valence-electron chi connectivity index (χ3n) is 1.52. The number of aliphatic carboxylic acids is 1. The van der Waals surface area contributed by atoms with Gasteiger partial charge in [-0.2, -0.15) is 0 Å². The van der Waals surface area contributed by atoms with Crippen molar-refractivity contribution < 1.29 is 19.4 Å². The lowest BCUT2D eigenvalue weighted by molar-refractivity contribution is -0.132. The van der Waals surface area contributed by atoms with Crippen LogP contribution in [0.2, 0.25) is 0 Å². The number of carboxylic acid groups (broad SMARTS) is 1. The highest BCUT2D eigenvalue weighted by Gasteiger charge is 2.03. The second-order valence-corrected chi connectivity index (χ2v) is 2.77.